The Kier molecular flexibility index (Phi) is 4.21. The highest BCUT2D eigenvalue weighted by Crippen LogP contribution is 2.31. The van der Waals surface area contributed by atoms with Gasteiger partial charge in [-0.15, -0.1) is 0 Å². The number of hydrogen-bond acceptors (Lipinski definition) is 4. The van der Waals surface area contributed by atoms with E-state index in [4.69, 9.17) is 4.74 Å². The number of fused-ring (bicyclic) bond motifs is 1. The third kappa shape index (κ3) is 2.82. The van der Waals surface area contributed by atoms with Crippen molar-refractivity contribution in [2.75, 3.05) is 17.3 Å². The Morgan fingerprint density at radius 3 is 2.94 bits per heavy atom. The summed E-state index contributed by atoms with van der Waals surface area (Å²) in [5.74, 6) is 0.312. The lowest BCUT2D eigenvalue weighted by Crippen LogP contribution is -2.26. The van der Waals surface area contributed by atoms with Crippen molar-refractivity contribution in [3.05, 3.63) is 23.8 Å². The summed E-state index contributed by atoms with van der Waals surface area (Å²) < 4.78 is 5.25. The van der Waals surface area contributed by atoms with E-state index in [1.165, 1.54) is 0 Å². The van der Waals surface area contributed by atoms with Crippen LogP contribution in [-0.2, 0) is 4.79 Å². The van der Waals surface area contributed by atoms with E-state index in [1.54, 1.807) is 18.2 Å². The van der Waals surface area contributed by atoms with Gasteiger partial charge in [-0.3, -0.25) is 4.79 Å². The Hall–Kier alpha value is -1.11. The van der Waals surface area contributed by atoms with Gasteiger partial charge in [-0.1, -0.05) is 22.0 Å². The largest absolute Gasteiger partial charge is 0.482 e. The predicted molar refractivity (Wildman–Crippen MR) is 69.9 cm³/mol. The molecule has 3 N–H and O–H groups in total. The number of carbonyl (C=O) groups is 1. The first-order chi connectivity index (χ1) is 8.61. The first-order valence-corrected chi connectivity index (χ1v) is 6.72. The number of carbonyl (C=O) groups excluding carboxylic acids is 1. The van der Waals surface area contributed by atoms with E-state index in [9.17, 15) is 15.0 Å². The molecule has 1 aromatic rings. The van der Waals surface area contributed by atoms with Gasteiger partial charge in [-0.2, -0.15) is 0 Å². The average Bonchev–Trinajstić information content (AvgIpc) is 2.37. The molecule has 0 fully saturated rings. The number of ether oxygens (including phenoxy) is 1. The zero-order valence-corrected chi connectivity index (χ0v) is 11.2. The molecule has 0 saturated heterocycles. The van der Waals surface area contributed by atoms with Crippen molar-refractivity contribution in [1.82, 2.24) is 0 Å². The van der Waals surface area contributed by atoms with Crippen molar-refractivity contribution < 1.29 is 19.7 Å². The molecular formula is C12H14BrNO4. The molecule has 0 radical (unpaired) electrons. The Morgan fingerprint density at radius 1 is 1.44 bits per heavy atom. The molecule has 0 saturated carbocycles. The second-order valence-electron chi connectivity index (χ2n) is 4.08. The number of nitrogens with one attached hydrogen (secondary N) is 1. The van der Waals surface area contributed by atoms with Gasteiger partial charge >= 0.3 is 0 Å². The SMILES string of the molecule is O=C1COc2cc(C(O)C(O)CCBr)ccc2N1. The lowest BCUT2D eigenvalue weighted by molar-refractivity contribution is -0.118. The molecule has 1 amide bonds. The molecule has 1 aliphatic heterocycles. The minimum atomic E-state index is -0.964. The summed E-state index contributed by atoms with van der Waals surface area (Å²) in [6.45, 7) is -0.0312. The van der Waals surface area contributed by atoms with Gasteiger partial charge in [0.15, 0.2) is 6.61 Å². The lowest BCUT2D eigenvalue weighted by Gasteiger charge is -2.21. The van der Waals surface area contributed by atoms with Gasteiger partial charge in [0, 0.05) is 5.33 Å². The maximum atomic E-state index is 11.1. The Bertz CT molecular complexity index is 452. The van der Waals surface area contributed by atoms with Crippen molar-refractivity contribution in [2.24, 2.45) is 0 Å². The molecule has 18 heavy (non-hydrogen) atoms. The van der Waals surface area contributed by atoms with E-state index in [-0.39, 0.29) is 12.5 Å². The average molecular weight is 316 g/mol. The summed E-state index contributed by atoms with van der Waals surface area (Å²) in [4.78, 5) is 11.1. The van der Waals surface area contributed by atoms with Gasteiger partial charge in [0.25, 0.3) is 5.91 Å². The maximum Gasteiger partial charge on any atom is 0.262 e. The predicted octanol–water partition coefficient (Wildman–Crippen LogP) is 1.20. The van der Waals surface area contributed by atoms with Crippen LogP contribution in [0, 0.1) is 0 Å². The molecule has 2 unspecified atom stereocenters. The molecule has 2 atom stereocenters. The molecule has 2 rings (SSSR count). The first kappa shape index (κ1) is 13.3. The van der Waals surface area contributed by atoms with Gasteiger partial charge in [0.2, 0.25) is 0 Å². The number of hydrogen-bond donors (Lipinski definition) is 3. The topological polar surface area (TPSA) is 78.8 Å². The number of halogens is 1. The van der Waals surface area contributed by atoms with E-state index in [0.717, 1.165) is 0 Å². The maximum absolute atomic E-state index is 11.1. The van der Waals surface area contributed by atoms with Gasteiger partial charge in [-0.25, -0.2) is 0 Å². The molecule has 1 aliphatic rings. The summed E-state index contributed by atoms with van der Waals surface area (Å²) in [5.41, 5.74) is 1.15. The molecule has 0 spiro atoms. The molecule has 1 heterocycles. The van der Waals surface area contributed by atoms with Crippen LogP contribution < -0.4 is 10.1 Å². The van der Waals surface area contributed by atoms with Crippen molar-refractivity contribution in [3.8, 4) is 5.75 Å². The van der Waals surface area contributed by atoms with Gasteiger partial charge in [0.1, 0.15) is 11.9 Å². The summed E-state index contributed by atoms with van der Waals surface area (Å²) in [7, 11) is 0. The van der Waals surface area contributed by atoms with Crippen molar-refractivity contribution >= 4 is 27.5 Å². The molecule has 1 aromatic carbocycles. The Morgan fingerprint density at radius 2 is 2.22 bits per heavy atom. The second-order valence-corrected chi connectivity index (χ2v) is 4.88. The van der Waals surface area contributed by atoms with Gasteiger partial charge < -0.3 is 20.3 Å². The van der Waals surface area contributed by atoms with Crippen LogP contribution in [0.4, 0.5) is 5.69 Å². The van der Waals surface area contributed by atoms with Gasteiger partial charge in [-0.05, 0) is 24.1 Å². The normalized spacial score (nSPS) is 17.4. The molecule has 0 aliphatic carbocycles. The number of aliphatic hydroxyl groups is 2. The Balaban J connectivity index is 2.18. The lowest BCUT2D eigenvalue weighted by atomic mass is 10.0. The van der Waals surface area contributed by atoms with Crippen LogP contribution in [0.5, 0.6) is 5.75 Å². The number of anilines is 1. The smallest absolute Gasteiger partial charge is 0.262 e. The van der Waals surface area contributed by atoms with E-state index in [1.807, 2.05) is 0 Å². The van der Waals surface area contributed by atoms with Crippen LogP contribution in [0.2, 0.25) is 0 Å². The van der Waals surface area contributed by atoms with Crippen molar-refractivity contribution in [3.63, 3.8) is 0 Å². The minimum Gasteiger partial charge on any atom is -0.482 e. The number of alkyl halides is 1. The zero-order chi connectivity index (χ0) is 13.1. The van der Waals surface area contributed by atoms with Crippen LogP contribution in [0.25, 0.3) is 0 Å². The summed E-state index contributed by atoms with van der Waals surface area (Å²) >= 11 is 3.21. The van der Waals surface area contributed by atoms with E-state index in [2.05, 4.69) is 21.2 Å². The number of aliphatic hydroxyl groups excluding tert-OH is 2. The monoisotopic (exact) mass is 315 g/mol. The van der Waals surface area contributed by atoms with E-state index in [0.29, 0.717) is 28.8 Å². The molecule has 98 valence electrons. The fraction of sp³-hybridized carbons (Fsp3) is 0.417. The molecular weight excluding hydrogens is 302 g/mol. The summed E-state index contributed by atoms with van der Waals surface area (Å²) in [5, 5.41) is 23.0. The molecule has 5 nitrogen and oxygen atoms in total. The van der Waals surface area contributed by atoms with Crippen LogP contribution in [0.3, 0.4) is 0 Å². The number of amides is 1. The fourth-order valence-electron chi connectivity index (χ4n) is 1.77. The fourth-order valence-corrected chi connectivity index (χ4v) is 2.24. The third-order valence-corrected chi connectivity index (χ3v) is 3.21. The summed E-state index contributed by atoms with van der Waals surface area (Å²) in [6, 6.07) is 4.96. The highest BCUT2D eigenvalue weighted by atomic mass is 79.9. The highest BCUT2D eigenvalue weighted by Gasteiger charge is 2.21. The quantitative estimate of drug-likeness (QED) is 0.729. The van der Waals surface area contributed by atoms with Crippen molar-refractivity contribution in [1.29, 1.82) is 0 Å². The number of benzene rings is 1. The zero-order valence-electron chi connectivity index (χ0n) is 9.60. The highest BCUT2D eigenvalue weighted by molar-refractivity contribution is 9.09. The van der Waals surface area contributed by atoms with E-state index < -0.39 is 12.2 Å². The molecule has 0 aromatic heterocycles. The molecule has 6 heteroatoms. The van der Waals surface area contributed by atoms with Crippen LogP contribution >= 0.6 is 15.9 Å². The minimum absolute atomic E-state index is 0.0312. The second kappa shape index (κ2) is 5.69. The third-order valence-electron chi connectivity index (χ3n) is 2.75. The number of rotatable bonds is 4. The Labute approximate surface area is 113 Å². The first-order valence-electron chi connectivity index (χ1n) is 5.60. The van der Waals surface area contributed by atoms with Crippen molar-refractivity contribution in [2.45, 2.75) is 18.6 Å². The molecule has 0 bridgehead atoms. The van der Waals surface area contributed by atoms with Crippen LogP contribution in [-0.4, -0.2) is 34.2 Å². The standard InChI is InChI=1S/C12H14BrNO4/c13-4-3-9(15)12(17)7-1-2-8-10(5-7)18-6-11(16)14-8/h1-2,5,9,12,15,17H,3-4,6H2,(H,14,16). The van der Waals surface area contributed by atoms with Gasteiger partial charge in [0.05, 0.1) is 11.8 Å². The van der Waals surface area contributed by atoms with Crippen LogP contribution in [0.15, 0.2) is 18.2 Å². The van der Waals surface area contributed by atoms with Crippen LogP contribution in [0.1, 0.15) is 18.1 Å². The summed E-state index contributed by atoms with van der Waals surface area (Å²) in [6.07, 6.45) is -1.34. The van der Waals surface area contributed by atoms with E-state index >= 15 is 0 Å².